The Hall–Kier alpha value is -1.19. The number of aryl methyl sites for hydroxylation is 1. The van der Waals surface area contributed by atoms with Crippen molar-refractivity contribution < 1.29 is 0 Å². The number of hydrogen-bond donors (Lipinski definition) is 1. The second kappa shape index (κ2) is 7.71. The van der Waals surface area contributed by atoms with Gasteiger partial charge in [0.25, 0.3) is 0 Å². The van der Waals surface area contributed by atoms with Crippen LogP contribution < -0.4 is 5.32 Å². The molecule has 0 radical (unpaired) electrons. The van der Waals surface area contributed by atoms with E-state index in [1.54, 1.807) is 0 Å². The van der Waals surface area contributed by atoms with E-state index in [4.69, 9.17) is 0 Å². The summed E-state index contributed by atoms with van der Waals surface area (Å²) in [6, 6.07) is 11.1. The molecule has 0 amide bonds. The number of rotatable bonds is 6. The summed E-state index contributed by atoms with van der Waals surface area (Å²) in [5.74, 6) is 0.402. The molecule has 0 saturated carbocycles. The zero-order chi connectivity index (χ0) is 15.2. The van der Waals surface area contributed by atoms with E-state index in [-0.39, 0.29) is 0 Å². The molecule has 1 aromatic heterocycles. The molecular formula is C18H23BrN2. The molecular weight excluding hydrogens is 324 g/mol. The molecule has 0 aliphatic carbocycles. The Morgan fingerprint density at radius 1 is 1.19 bits per heavy atom. The van der Waals surface area contributed by atoms with Crippen LogP contribution in [0.4, 0.5) is 0 Å². The van der Waals surface area contributed by atoms with E-state index in [0.29, 0.717) is 12.0 Å². The van der Waals surface area contributed by atoms with Crippen LogP contribution in [-0.4, -0.2) is 11.5 Å². The molecule has 0 aliphatic rings. The standard InChI is InChI=1S/C18H23BrN2/c1-4-9-21-18(14(3)15-7-10-20-11-8-15)17-6-5-16(19)12-13(17)2/h5-8,10-12,14,18,21H,4,9H2,1-3H3. The van der Waals surface area contributed by atoms with Crippen LogP contribution in [0.25, 0.3) is 0 Å². The molecule has 0 bridgehead atoms. The summed E-state index contributed by atoms with van der Waals surface area (Å²) in [6.45, 7) is 7.69. The number of nitrogens with one attached hydrogen (secondary N) is 1. The highest BCUT2D eigenvalue weighted by Gasteiger charge is 2.21. The average Bonchev–Trinajstić information content (AvgIpc) is 2.50. The zero-order valence-corrected chi connectivity index (χ0v) is 14.5. The Balaban J connectivity index is 2.33. The predicted octanol–water partition coefficient (Wildman–Crippen LogP) is 5.00. The fourth-order valence-corrected chi connectivity index (χ4v) is 3.18. The Labute approximate surface area is 136 Å². The van der Waals surface area contributed by atoms with Crippen LogP contribution in [-0.2, 0) is 0 Å². The van der Waals surface area contributed by atoms with E-state index >= 15 is 0 Å². The van der Waals surface area contributed by atoms with Crippen molar-refractivity contribution in [3.63, 3.8) is 0 Å². The highest BCUT2D eigenvalue weighted by Crippen LogP contribution is 2.33. The molecule has 21 heavy (non-hydrogen) atoms. The average molecular weight is 347 g/mol. The lowest BCUT2D eigenvalue weighted by Crippen LogP contribution is -2.27. The maximum absolute atomic E-state index is 4.12. The van der Waals surface area contributed by atoms with Crippen LogP contribution in [0.2, 0.25) is 0 Å². The van der Waals surface area contributed by atoms with Gasteiger partial charge in [-0.05, 0) is 60.8 Å². The Morgan fingerprint density at radius 2 is 1.90 bits per heavy atom. The molecule has 3 heteroatoms. The molecule has 0 saturated heterocycles. The van der Waals surface area contributed by atoms with Gasteiger partial charge in [-0.1, -0.05) is 35.8 Å². The van der Waals surface area contributed by atoms with E-state index in [9.17, 15) is 0 Å². The van der Waals surface area contributed by atoms with Gasteiger partial charge in [-0.2, -0.15) is 0 Å². The third kappa shape index (κ3) is 4.14. The molecule has 0 aliphatic heterocycles. The fraction of sp³-hybridized carbons (Fsp3) is 0.389. The number of hydrogen-bond acceptors (Lipinski definition) is 2. The van der Waals surface area contributed by atoms with Gasteiger partial charge in [0.05, 0.1) is 0 Å². The monoisotopic (exact) mass is 346 g/mol. The number of aromatic nitrogens is 1. The summed E-state index contributed by atoms with van der Waals surface area (Å²) >= 11 is 3.55. The largest absolute Gasteiger partial charge is 0.309 e. The molecule has 1 heterocycles. The van der Waals surface area contributed by atoms with Crippen LogP contribution in [0.1, 0.15) is 48.9 Å². The van der Waals surface area contributed by atoms with Gasteiger partial charge in [0.1, 0.15) is 0 Å². The normalized spacial score (nSPS) is 13.9. The van der Waals surface area contributed by atoms with Crippen molar-refractivity contribution in [2.75, 3.05) is 6.54 Å². The molecule has 2 rings (SSSR count). The summed E-state index contributed by atoms with van der Waals surface area (Å²) in [4.78, 5) is 4.12. The lowest BCUT2D eigenvalue weighted by atomic mass is 9.87. The van der Waals surface area contributed by atoms with Gasteiger partial charge >= 0.3 is 0 Å². The van der Waals surface area contributed by atoms with Crippen LogP contribution in [0.15, 0.2) is 47.2 Å². The minimum Gasteiger partial charge on any atom is -0.309 e. The molecule has 112 valence electrons. The van der Waals surface area contributed by atoms with E-state index in [0.717, 1.165) is 17.4 Å². The minimum absolute atomic E-state index is 0.320. The van der Waals surface area contributed by atoms with E-state index in [2.05, 4.69) is 77.3 Å². The quantitative estimate of drug-likeness (QED) is 0.796. The zero-order valence-electron chi connectivity index (χ0n) is 12.9. The molecule has 1 N–H and O–H groups in total. The number of halogens is 1. The smallest absolute Gasteiger partial charge is 0.0389 e. The molecule has 2 atom stereocenters. The molecule has 2 aromatic rings. The van der Waals surface area contributed by atoms with Crippen molar-refractivity contribution in [2.24, 2.45) is 0 Å². The first-order valence-corrected chi connectivity index (χ1v) is 8.32. The summed E-state index contributed by atoms with van der Waals surface area (Å²) in [5.41, 5.74) is 4.01. The van der Waals surface area contributed by atoms with Crippen molar-refractivity contribution >= 4 is 15.9 Å². The minimum atomic E-state index is 0.320. The van der Waals surface area contributed by atoms with Gasteiger partial charge in [-0.25, -0.2) is 0 Å². The third-order valence-corrected chi connectivity index (χ3v) is 4.41. The lowest BCUT2D eigenvalue weighted by molar-refractivity contribution is 0.464. The fourth-order valence-electron chi connectivity index (χ4n) is 2.70. The van der Waals surface area contributed by atoms with Crippen molar-refractivity contribution in [2.45, 2.75) is 39.2 Å². The van der Waals surface area contributed by atoms with Crippen LogP contribution >= 0.6 is 15.9 Å². The highest BCUT2D eigenvalue weighted by molar-refractivity contribution is 9.10. The van der Waals surface area contributed by atoms with Crippen molar-refractivity contribution in [3.05, 3.63) is 63.9 Å². The third-order valence-electron chi connectivity index (χ3n) is 3.91. The van der Waals surface area contributed by atoms with Gasteiger partial charge in [0.2, 0.25) is 0 Å². The molecule has 2 nitrogen and oxygen atoms in total. The first-order valence-electron chi connectivity index (χ1n) is 7.52. The summed E-state index contributed by atoms with van der Waals surface area (Å²) in [6.07, 6.45) is 4.88. The van der Waals surface area contributed by atoms with E-state index < -0.39 is 0 Å². The Bertz CT molecular complexity index is 569. The first kappa shape index (κ1) is 16.2. The van der Waals surface area contributed by atoms with Gasteiger partial charge in [-0.3, -0.25) is 4.98 Å². The lowest BCUT2D eigenvalue weighted by Gasteiger charge is -2.27. The summed E-state index contributed by atoms with van der Waals surface area (Å²) in [7, 11) is 0. The summed E-state index contributed by atoms with van der Waals surface area (Å²) in [5, 5.41) is 3.71. The molecule has 2 unspecified atom stereocenters. The Kier molecular flexibility index (Phi) is 5.95. The van der Waals surface area contributed by atoms with Gasteiger partial charge in [0, 0.05) is 28.8 Å². The summed E-state index contributed by atoms with van der Waals surface area (Å²) < 4.78 is 1.13. The van der Waals surface area contributed by atoms with Gasteiger partial charge in [-0.15, -0.1) is 0 Å². The van der Waals surface area contributed by atoms with Crippen LogP contribution in [0.3, 0.4) is 0 Å². The number of benzene rings is 1. The second-order valence-electron chi connectivity index (χ2n) is 5.50. The number of pyridine rings is 1. The SMILES string of the molecule is CCCNC(c1ccc(Br)cc1C)C(C)c1ccncc1. The van der Waals surface area contributed by atoms with Crippen molar-refractivity contribution in [1.29, 1.82) is 0 Å². The maximum Gasteiger partial charge on any atom is 0.0389 e. The maximum atomic E-state index is 4.12. The van der Waals surface area contributed by atoms with E-state index in [1.807, 2.05) is 12.4 Å². The highest BCUT2D eigenvalue weighted by atomic mass is 79.9. The molecule has 1 aromatic carbocycles. The Morgan fingerprint density at radius 3 is 2.52 bits per heavy atom. The molecule has 0 spiro atoms. The van der Waals surface area contributed by atoms with Crippen LogP contribution in [0.5, 0.6) is 0 Å². The first-order chi connectivity index (χ1) is 10.1. The van der Waals surface area contributed by atoms with Crippen LogP contribution in [0, 0.1) is 6.92 Å². The van der Waals surface area contributed by atoms with Crippen molar-refractivity contribution in [3.8, 4) is 0 Å². The predicted molar refractivity (Wildman–Crippen MR) is 92.6 cm³/mol. The van der Waals surface area contributed by atoms with Gasteiger partial charge < -0.3 is 5.32 Å². The van der Waals surface area contributed by atoms with Gasteiger partial charge in [0.15, 0.2) is 0 Å². The van der Waals surface area contributed by atoms with Crippen molar-refractivity contribution in [1.82, 2.24) is 10.3 Å². The second-order valence-corrected chi connectivity index (χ2v) is 6.42. The molecule has 0 fully saturated rings. The number of nitrogens with zero attached hydrogens (tertiary/aromatic N) is 1. The van der Waals surface area contributed by atoms with E-state index in [1.165, 1.54) is 16.7 Å². The topological polar surface area (TPSA) is 24.9 Å².